The van der Waals surface area contributed by atoms with Gasteiger partial charge in [-0.15, -0.1) is 24.8 Å². The molecular weight excluding hydrogens is 399 g/mol. The number of benzene rings is 1. The number of hydrogen-bond donors (Lipinski definition) is 1. The first-order chi connectivity index (χ1) is 12.5. The number of carbonyl (C=O) groups excluding carboxylic acids is 1. The average Bonchev–Trinajstić information content (AvgIpc) is 2.97. The Morgan fingerprint density at radius 1 is 1.29 bits per heavy atom. The molecule has 0 saturated carbocycles. The normalized spacial score (nSPS) is 18.6. The van der Waals surface area contributed by atoms with Crippen LogP contribution in [0.4, 0.5) is 0 Å². The van der Waals surface area contributed by atoms with E-state index >= 15 is 0 Å². The number of nitrogens with two attached hydrogens (primary N) is 1. The minimum absolute atomic E-state index is 0. The van der Waals surface area contributed by atoms with Gasteiger partial charge in [-0.2, -0.15) is 5.10 Å². The van der Waals surface area contributed by atoms with Crippen LogP contribution in [0, 0.1) is 19.8 Å². The molecule has 1 aromatic carbocycles. The van der Waals surface area contributed by atoms with E-state index in [1.807, 2.05) is 66.8 Å². The number of amides is 1. The van der Waals surface area contributed by atoms with E-state index in [9.17, 15) is 4.79 Å². The minimum atomic E-state index is -0.305. The summed E-state index contributed by atoms with van der Waals surface area (Å²) >= 11 is 0. The molecule has 2 aromatic rings. The molecule has 0 radical (unpaired) electrons. The molecule has 156 valence electrons. The van der Waals surface area contributed by atoms with E-state index < -0.39 is 0 Å². The number of carbonyl (C=O) groups is 1. The molecule has 0 aliphatic carbocycles. The van der Waals surface area contributed by atoms with Crippen LogP contribution in [0.25, 0.3) is 0 Å². The highest BCUT2D eigenvalue weighted by atomic mass is 35.5. The molecule has 8 heteroatoms. The molecule has 3 rings (SSSR count). The van der Waals surface area contributed by atoms with Gasteiger partial charge in [-0.05, 0) is 25.5 Å². The van der Waals surface area contributed by atoms with Crippen LogP contribution < -0.4 is 5.73 Å². The van der Waals surface area contributed by atoms with Crippen molar-refractivity contribution in [3.05, 3.63) is 53.3 Å². The lowest BCUT2D eigenvalue weighted by molar-refractivity contribution is -0.143. The summed E-state index contributed by atoms with van der Waals surface area (Å²) in [6, 6.07) is 11.5. The van der Waals surface area contributed by atoms with Crippen LogP contribution in [-0.4, -0.2) is 46.4 Å². The van der Waals surface area contributed by atoms with E-state index in [1.165, 1.54) is 0 Å². The van der Waals surface area contributed by atoms with Gasteiger partial charge in [0.2, 0.25) is 5.91 Å². The molecule has 0 bridgehead atoms. The predicted octanol–water partition coefficient (Wildman–Crippen LogP) is 2.91. The summed E-state index contributed by atoms with van der Waals surface area (Å²) in [5, 5.41) is 4.49. The van der Waals surface area contributed by atoms with Crippen LogP contribution in [0.15, 0.2) is 36.4 Å². The smallest absolute Gasteiger partial charge is 0.227 e. The maximum absolute atomic E-state index is 12.9. The van der Waals surface area contributed by atoms with Gasteiger partial charge < -0.3 is 15.4 Å². The third-order valence-corrected chi connectivity index (χ3v) is 5.04. The van der Waals surface area contributed by atoms with Gasteiger partial charge in [0.05, 0.1) is 30.9 Å². The molecule has 28 heavy (non-hydrogen) atoms. The highest BCUT2D eigenvalue weighted by Gasteiger charge is 2.31. The van der Waals surface area contributed by atoms with Crippen molar-refractivity contribution in [1.82, 2.24) is 14.7 Å². The van der Waals surface area contributed by atoms with E-state index in [1.54, 1.807) is 0 Å². The summed E-state index contributed by atoms with van der Waals surface area (Å²) in [5.41, 5.74) is 9.42. The van der Waals surface area contributed by atoms with E-state index in [-0.39, 0.29) is 48.8 Å². The summed E-state index contributed by atoms with van der Waals surface area (Å²) in [5.74, 6) is -0.187. The molecule has 1 aliphatic rings. The first kappa shape index (κ1) is 24.4. The Labute approximate surface area is 179 Å². The van der Waals surface area contributed by atoms with E-state index in [0.29, 0.717) is 26.2 Å². The third-order valence-electron chi connectivity index (χ3n) is 5.04. The van der Waals surface area contributed by atoms with Gasteiger partial charge in [-0.25, -0.2) is 0 Å². The van der Waals surface area contributed by atoms with Crippen molar-refractivity contribution in [3.8, 4) is 0 Å². The lowest BCUT2D eigenvalue weighted by Crippen LogP contribution is -2.50. The minimum Gasteiger partial charge on any atom is -0.373 e. The van der Waals surface area contributed by atoms with Gasteiger partial charge in [-0.1, -0.05) is 37.3 Å². The molecule has 1 aromatic heterocycles. The number of hydrogen-bond acceptors (Lipinski definition) is 4. The average molecular weight is 429 g/mol. The molecule has 1 amide bonds. The van der Waals surface area contributed by atoms with Gasteiger partial charge in [0.1, 0.15) is 0 Å². The molecule has 2 heterocycles. The van der Waals surface area contributed by atoms with E-state index in [0.717, 1.165) is 17.0 Å². The van der Waals surface area contributed by atoms with Crippen LogP contribution in [0.3, 0.4) is 0 Å². The number of nitrogens with zero attached hydrogens (tertiary/aromatic N) is 3. The monoisotopic (exact) mass is 428 g/mol. The zero-order valence-electron chi connectivity index (χ0n) is 16.6. The first-order valence-corrected chi connectivity index (χ1v) is 9.17. The van der Waals surface area contributed by atoms with Crippen molar-refractivity contribution >= 4 is 30.7 Å². The SMILES string of the molecule is Cc1cc(C)n(CC2CN(C(=O)C(C)C(N)c3ccccc3)CCO2)n1.Cl.Cl. The standard InChI is InChI=1S/C20H28N4O2.2ClH/c1-14-11-15(2)24(22-14)13-18-12-23(9-10-26-18)20(25)16(3)19(21)17-7-5-4-6-8-17;;/h4-8,11,16,18-19H,9-10,12-13,21H2,1-3H3;2*1H. The summed E-state index contributed by atoms with van der Waals surface area (Å²) in [7, 11) is 0. The summed E-state index contributed by atoms with van der Waals surface area (Å²) < 4.78 is 7.82. The van der Waals surface area contributed by atoms with Crippen LogP contribution in [-0.2, 0) is 16.1 Å². The quantitative estimate of drug-likeness (QED) is 0.794. The van der Waals surface area contributed by atoms with Crippen molar-refractivity contribution < 1.29 is 9.53 Å². The van der Waals surface area contributed by atoms with Gasteiger partial charge in [-0.3, -0.25) is 9.48 Å². The Morgan fingerprint density at radius 3 is 2.57 bits per heavy atom. The van der Waals surface area contributed by atoms with Crippen molar-refractivity contribution in [1.29, 1.82) is 0 Å². The Balaban J connectivity index is 0.00000196. The summed E-state index contributed by atoms with van der Waals surface area (Å²) in [6.07, 6.45) is -0.0501. The summed E-state index contributed by atoms with van der Waals surface area (Å²) in [4.78, 5) is 14.8. The number of ether oxygens (including phenoxy) is 1. The van der Waals surface area contributed by atoms with E-state index in [2.05, 4.69) is 5.10 Å². The Hall–Kier alpha value is -1.60. The lowest BCUT2D eigenvalue weighted by Gasteiger charge is -2.35. The zero-order valence-corrected chi connectivity index (χ0v) is 18.2. The number of aromatic nitrogens is 2. The molecule has 1 saturated heterocycles. The molecular formula is C20H30Cl2N4O2. The fourth-order valence-electron chi connectivity index (χ4n) is 3.49. The molecule has 1 fully saturated rings. The van der Waals surface area contributed by atoms with Gasteiger partial charge in [0.25, 0.3) is 0 Å². The van der Waals surface area contributed by atoms with Crippen LogP contribution >= 0.6 is 24.8 Å². The fourth-order valence-corrected chi connectivity index (χ4v) is 3.49. The second-order valence-electron chi connectivity index (χ2n) is 7.11. The van der Waals surface area contributed by atoms with Gasteiger partial charge in [0, 0.05) is 24.8 Å². The number of rotatable bonds is 5. The Bertz CT molecular complexity index is 754. The largest absolute Gasteiger partial charge is 0.373 e. The first-order valence-electron chi connectivity index (χ1n) is 9.17. The molecule has 0 spiro atoms. The van der Waals surface area contributed by atoms with Gasteiger partial charge in [0.15, 0.2) is 0 Å². The van der Waals surface area contributed by atoms with Crippen molar-refractivity contribution in [2.45, 2.75) is 39.5 Å². The van der Waals surface area contributed by atoms with Crippen LogP contribution in [0.5, 0.6) is 0 Å². The molecule has 6 nitrogen and oxygen atoms in total. The third kappa shape index (κ3) is 5.70. The molecule has 3 unspecified atom stereocenters. The number of aryl methyl sites for hydroxylation is 2. The second kappa shape index (κ2) is 10.8. The number of morpholine rings is 1. The van der Waals surface area contributed by atoms with Crippen LogP contribution in [0.2, 0.25) is 0 Å². The Morgan fingerprint density at radius 2 is 1.96 bits per heavy atom. The molecule has 2 N–H and O–H groups in total. The van der Waals surface area contributed by atoms with Gasteiger partial charge >= 0.3 is 0 Å². The van der Waals surface area contributed by atoms with Crippen LogP contribution in [0.1, 0.15) is 29.9 Å². The molecule has 1 aliphatic heterocycles. The maximum Gasteiger partial charge on any atom is 0.227 e. The van der Waals surface area contributed by atoms with Crippen molar-refractivity contribution in [2.75, 3.05) is 19.7 Å². The highest BCUT2D eigenvalue weighted by molar-refractivity contribution is 5.85. The summed E-state index contributed by atoms with van der Waals surface area (Å²) in [6.45, 7) is 8.30. The van der Waals surface area contributed by atoms with E-state index in [4.69, 9.17) is 10.5 Å². The zero-order chi connectivity index (χ0) is 18.7. The Kier molecular flexibility index (Phi) is 9.44. The van der Waals surface area contributed by atoms with Crippen molar-refractivity contribution in [2.24, 2.45) is 11.7 Å². The fraction of sp³-hybridized carbons (Fsp3) is 0.500. The topological polar surface area (TPSA) is 73.4 Å². The van der Waals surface area contributed by atoms with Crippen molar-refractivity contribution in [3.63, 3.8) is 0 Å². The lowest BCUT2D eigenvalue weighted by atomic mass is 9.94. The highest BCUT2D eigenvalue weighted by Crippen LogP contribution is 2.22. The second-order valence-corrected chi connectivity index (χ2v) is 7.11. The number of halogens is 2. The predicted molar refractivity (Wildman–Crippen MR) is 115 cm³/mol. The molecule has 3 atom stereocenters. The maximum atomic E-state index is 12.9.